The number of piperidine rings is 1. The van der Waals surface area contributed by atoms with Gasteiger partial charge in [0.2, 0.25) is 5.95 Å². The van der Waals surface area contributed by atoms with Crippen molar-refractivity contribution < 1.29 is 10.2 Å². The quantitative estimate of drug-likeness (QED) is 0.850. The minimum absolute atomic E-state index is 0.246. The fraction of sp³-hybridized carbons (Fsp3) is 0.545. The van der Waals surface area contributed by atoms with Crippen LogP contribution in [0.4, 0.5) is 5.95 Å². The number of hydrogen-bond acceptors (Lipinski definition) is 6. The summed E-state index contributed by atoms with van der Waals surface area (Å²) in [6.45, 7) is 2.93. The van der Waals surface area contributed by atoms with Gasteiger partial charge in [0.05, 0.1) is 5.69 Å². The number of aromatic nitrogens is 2. The molecule has 0 radical (unpaired) electrons. The van der Waals surface area contributed by atoms with Crippen LogP contribution in [0.25, 0.3) is 0 Å². The Morgan fingerprint density at radius 3 is 2.96 bits per heavy atom. The topological polar surface area (TPSA) is 72.7 Å². The van der Waals surface area contributed by atoms with E-state index < -0.39 is 0 Å². The van der Waals surface area contributed by atoms with Crippen molar-refractivity contribution >= 4 is 5.95 Å². The molecule has 3 aliphatic rings. The predicted molar refractivity (Wildman–Crippen MR) is 107 cm³/mol. The normalized spacial score (nSPS) is 27.0. The van der Waals surface area contributed by atoms with Crippen molar-refractivity contribution in [3.63, 3.8) is 0 Å². The largest absolute Gasteiger partial charge is 0.508 e. The zero-order chi connectivity index (χ0) is 19.1. The van der Waals surface area contributed by atoms with Crippen molar-refractivity contribution in [1.82, 2.24) is 14.9 Å². The minimum atomic E-state index is 0.246. The third-order valence-electron chi connectivity index (χ3n) is 6.65. The smallest absolute Gasteiger partial charge is 0.225 e. The van der Waals surface area contributed by atoms with Crippen molar-refractivity contribution in [3.8, 4) is 5.75 Å². The summed E-state index contributed by atoms with van der Waals surface area (Å²) in [6, 6.07) is 8.47. The lowest BCUT2D eigenvalue weighted by atomic mass is 9.98. The van der Waals surface area contributed by atoms with Crippen LogP contribution < -0.4 is 4.90 Å². The molecular weight excluding hydrogens is 352 g/mol. The summed E-state index contributed by atoms with van der Waals surface area (Å²) in [6.07, 6.45) is 7.53. The van der Waals surface area contributed by atoms with Gasteiger partial charge in [-0.15, -0.1) is 0 Å². The lowest BCUT2D eigenvalue weighted by Crippen LogP contribution is -2.40. The summed E-state index contributed by atoms with van der Waals surface area (Å²) in [7, 11) is 0. The fourth-order valence-electron chi connectivity index (χ4n) is 5.22. The van der Waals surface area contributed by atoms with Crippen LogP contribution in [-0.4, -0.2) is 50.8 Å². The van der Waals surface area contributed by atoms with Crippen LogP contribution in [0.5, 0.6) is 5.75 Å². The zero-order valence-electron chi connectivity index (χ0n) is 16.2. The summed E-state index contributed by atoms with van der Waals surface area (Å²) >= 11 is 0. The van der Waals surface area contributed by atoms with Gasteiger partial charge in [-0.25, -0.2) is 9.97 Å². The number of aliphatic hydroxyl groups excluding tert-OH is 1. The third-order valence-corrected chi connectivity index (χ3v) is 6.65. The van der Waals surface area contributed by atoms with E-state index in [2.05, 4.69) is 15.9 Å². The molecule has 2 N–H and O–H groups in total. The molecule has 0 amide bonds. The Morgan fingerprint density at radius 2 is 2.11 bits per heavy atom. The van der Waals surface area contributed by atoms with Crippen LogP contribution in [0.2, 0.25) is 0 Å². The number of nitrogens with zero attached hydrogens (tertiary/aromatic N) is 4. The molecule has 2 aromatic rings. The molecule has 5 rings (SSSR count). The molecule has 28 heavy (non-hydrogen) atoms. The number of phenols is 1. The summed E-state index contributed by atoms with van der Waals surface area (Å²) in [5.41, 5.74) is 3.63. The Hall–Kier alpha value is -2.18. The van der Waals surface area contributed by atoms with Gasteiger partial charge >= 0.3 is 0 Å². The van der Waals surface area contributed by atoms with E-state index in [1.165, 1.54) is 17.7 Å². The standard InChI is InChI=1S/C22H28N4O2/c27-14-16-4-2-8-25(12-16)22-23-11-19-20(24-22)10-17-6-7-21(19)26(17)13-15-3-1-5-18(28)9-15/h1,3,5,9,11,16-17,21,27-28H,2,4,6-8,10,12-14H2/t16-,17-,21-/m1/s1. The summed E-state index contributed by atoms with van der Waals surface area (Å²) < 4.78 is 0. The molecule has 1 aromatic heterocycles. The molecule has 4 heterocycles. The molecule has 0 saturated carbocycles. The molecular formula is C22H28N4O2. The molecule has 3 atom stereocenters. The highest BCUT2D eigenvalue weighted by atomic mass is 16.3. The number of fused-ring (bicyclic) bond motifs is 4. The van der Waals surface area contributed by atoms with Gasteiger partial charge in [0.25, 0.3) is 0 Å². The van der Waals surface area contributed by atoms with Crippen molar-refractivity contribution in [1.29, 1.82) is 0 Å². The molecule has 2 saturated heterocycles. The average Bonchev–Trinajstić information content (AvgIpc) is 2.99. The van der Waals surface area contributed by atoms with Crippen molar-refractivity contribution in [2.45, 2.75) is 50.7 Å². The Morgan fingerprint density at radius 1 is 1.18 bits per heavy atom. The van der Waals surface area contributed by atoms with Crippen molar-refractivity contribution in [3.05, 3.63) is 47.3 Å². The molecule has 6 nitrogen and oxygen atoms in total. The molecule has 0 unspecified atom stereocenters. The molecule has 2 fully saturated rings. The van der Waals surface area contributed by atoms with Gasteiger partial charge in [0.1, 0.15) is 5.75 Å². The highest BCUT2D eigenvalue weighted by Gasteiger charge is 2.41. The second-order valence-electron chi connectivity index (χ2n) is 8.50. The molecule has 1 aromatic carbocycles. The predicted octanol–water partition coefficient (Wildman–Crippen LogP) is 2.65. The number of rotatable bonds is 4. The average molecular weight is 380 g/mol. The Kier molecular flexibility index (Phi) is 4.69. The number of hydrogen-bond donors (Lipinski definition) is 2. The van der Waals surface area contributed by atoms with Gasteiger partial charge in [0, 0.05) is 56.5 Å². The van der Waals surface area contributed by atoms with Crippen LogP contribution in [0.1, 0.15) is 48.5 Å². The number of benzene rings is 1. The van der Waals surface area contributed by atoms with Gasteiger partial charge in [-0.3, -0.25) is 4.90 Å². The Balaban J connectivity index is 1.37. The van der Waals surface area contributed by atoms with Crippen LogP contribution in [-0.2, 0) is 13.0 Å². The summed E-state index contributed by atoms with van der Waals surface area (Å²) in [5.74, 6) is 1.50. The summed E-state index contributed by atoms with van der Waals surface area (Å²) in [5, 5.41) is 19.3. The van der Waals surface area contributed by atoms with Crippen molar-refractivity contribution in [2.24, 2.45) is 5.92 Å². The van der Waals surface area contributed by atoms with Crippen LogP contribution in [0.15, 0.2) is 30.5 Å². The molecule has 0 aliphatic carbocycles. The first-order chi connectivity index (χ1) is 13.7. The minimum Gasteiger partial charge on any atom is -0.508 e. The maximum Gasteiger partial charge on any atom is 0.225 e. The number of aromatic hydroxyl groups is 1. The SMILES string of the molecule is OC[C@@H]1CCCN(c2ncc3c(n2)C[C@H]2CC[C@H]3N2Cc2cccc(O)c2)C1. The lowest BCUT2D eigenvalue weighted by molar-refractivity contribution is 0.166. The van der Waals surface area contributed by atoms with Crippen LogP contribution in [0.3, 0.4) is 0 Å². The fourth-order valence-corrected chi connectivity index (χ4v) is 5.22. The van der Waals surface area contributed by atoms with Gasteiger partial charge in [-0.05, 0) is 49.3 Å². The molecule has 0 spiro atoms. The monoisotopic (exact) mass is 380 g/mol. The Labute approximate surface area is 165 Å². The Bertz CT molecular complexity index is 858. The summed E-state index contributed by atoms with van der Waals surface area (Å²) in [4.78, 5) is 14.5. The molecule has 6 heteroatoms. The maximum atomic E-state index is 9.78. The van der Waals surface area contributed by atoms with Crippen LogP contribution >= 0.6 is 0 Å². The van der Waals surface area contributed by atoms with E-state index in [4.69, 9.17) is 9.97 Å². The van der Waals surface area contributed by atoms with Crippen LogP contribution in [0, 0.1) is 5.92 Å². The zero-order valence-corrected chi connectivity index (χ0v) is 16.2. The second kappa shape index (κ2) is 7.33. The van der Waals surface area contributed by atoms with Crippen molar-refractivity contribution in [2.75, 3.05) is 24.6 Å². The van der Waals surface area contributed by atoms with E-state index in [0.717, 1.165) is 56.8 Å². The lowest BCUT2D eigenvalue weighted by Gasteiger charge is -2.37. The van der Waals surface area contributed by atoms with E-state index in [1.54, 1.807) is 6.07 Å². The van der Waals surface area contributed by atoms with Gasteiger partial charge < -0.3 is 15.1 Å². The van der Waals surface area contributed by atoms with Gasteiger partial charge in [-0.2, -0.15) is 0 Å². The van der Waals surface area contributed by atoms with E-state index in [0.29, 0.717) is 23.8 Å². The van der Waals surface area contributed by atoms with E-state index in [-0.39, 0.29) is 6.61 Å². The van der Waals surface area contributed by atoms with E-state index in [9.17, 15) is 10.2 Å². The first kappa shape index (κ1) is 17.9. The second-order valence-corrected chi connectivity index (χ2v) is 8.50. The maximum absolute atomic E-state index is 9.78. The van der Waals surface area contributed by atoms with E-state index >= 15 is 0 Å². The van der Waals surface area contributed by atoms with Gasteiger partial charge in [-0.1, -0.05) is 12.1 Å². The molecule has 3 aliphatic heterocycles. The number of anilines is 1. The molecule has 2 bridgehead atoms. The molecule has 148 valence electrons. The van der Waals surface area contributed by atoms with E-state index in [1.807, 2.05) is 18.3 Å². The first-order valence-electron chi connectivity index (χ1n) is 10.5. The first-order valence-corrected chi connectivity index (χ1v) is 10.5. The van der Waals surface area contributed by atoms with Gasteiger partial charge in [0.15, 0.2) is 0 Å². The number of aliphatic hydroxyl groups is 1. The number of phenolic OH excluding ortho intramolecular Hbond substituents is 1. The highest BCUT2D eigenvalue weighted by molar-refractivity contribution is 5.38. The third kappa shape index (κ3) is 3.25. The highest BCUT2D eigenvalue weighted by Crippen LogP contribution is 2.44.